The molecule has 0 aromatic carbocycles. The molecule has 0 aromatic heterocycles. The van der Waals surface area contributed by atoms with Crippen LogP contribution in [-0.4, -0.2) is 52.1 Å². The van der Waals surface area contributed by atoms with Crippen LogP contribution in [-0.2, 0) is 20.6 Å². The van der Waals surface area contributed by atoms with E-state index in [1.165, 1.54) is 0 Å². The first kappa shape index (κ1) is 15.3. The minimum absolute atomic E-state index is 0.319. The Bertz CT molecular complexity index is 245. The molecule has 1 atom stereocenters. The van der Waals surface area contributed by atoms with E-state index < -0.39 is 17.0 Å². The summed E-state index contributed by atoms with van der Waals surface area (Å²) in [6.45, 7) is 5.11. The monoisotopic (exact) mass is 249 g/mol. The molecule has 0 fully saturated rings. The quantitative estimate of drug-likeness (QED) is 0.281. The molecule has 0 radical (unpaired) electrons. The van der Waals surface area contributed by atoms with Crippen LogP contribution in [0.15, 0.2) is 12.7 Å². The second-order valence-corrected chi connectivity index (χ2v) is 4.46. The zero-order valence-corrected chi connectivity index (χ0v) is 10.4. The fourth-order valence-electron chi connectivity index (χ4n) is 1.08. The topological polar surface area (TPSA) is 66.8 Å². The molecule has 0 aliphatic carbocycles. The van der Waals surface area contributed by atoms with E-state index in [-0.39, 0.29) is 0 Å². The van der Waals surface area contributed by atoms with Crippen LogP contribution in [0.1, 0.15) is 12.8 Å². The maximum atomic E-state index is 10.7. The van der Waals surface area contributed by atoms with Gasteiger partial charge >= 0.3 is 5.97 Å². The standard InChI is InChI=1S/C10H19NO4S/c1-3-10(12)15-8-7-11(2)6-4-5-9-16(13)14/h3H,1,4-9H2,2H3,(H,13,14). The van der Waals surface area contributed by atoms with Crippen molar-refractivity contribution in [1.82, 2.24) is 4.90 Å². The van der Waals surface area contributed by atoms with Crippen LogP contribution in [0.2, 0.25) is 0 Å². The Morgan fingerprint density at radius 3 is 2.75 bits per heavy atom. The predicted octanol–water partition coefficient (Wildman–Crippen LogP) is 0.649. The Hall–Kier alpha value is -0.720. The Balaban J connectivity index is 3.37. The normalized spacial score (nSPS) is 12.4. The molecule has 0 saturated heterocycles. The molecule has 1 unspecified atom stereocenters. The predicted molar refractivity (Wildman–Crippen MR) is 63.5 cm³/mol. The van der Waals surface area contributed by atoms with Gasteiger partial charge in [-0.05, 0) is 26.4 Å². The Kier molecular flexibility index (Phi) is 9.07. The molecule has 0 aliphatic heterocycles. The number of carbonyl (C=O) groups is 1. The number of likely N-dealkylation sites (N-methyl/N-ethyl adjacent to an activating group) is 1. The molecule has 0 heterocycles. The molecule has 0 amide bonds. The first-order chi connectivity index (χ1) is 7.56. The molecule has 6 heteroatoms. The third-order valence-electron chi connectivity index (χ3n) is 1.99. The van der Waals surface area contributed by atoms with Crippen molar-refractivity contribution in [2.45, 2.75) is 12.8 Å². The van der Waals surface area contributed by atoms with Gasteiger partial charge in [0, 0.05) is 18.4 Å². The highest BCUT2D eigenvalue weighted by Crippen LogP contribution is 1.94. The molecular formula is C10H19NO4S. The third kappa shape index (κ3) is 9.82. The molecule has 5 nitrogen and oxygen atoms in total. The maximum Gasteiger partial charge on any atom is 0.330 e. The summed E-state index contributed by atoms with van der Waals surface area (Å²) >= 11 is -1.69. The zero-order chi connectivity index (χ0) is 12.4. The Morgan fingerprint density at radius 2 is 2.19 bits per heavy atom. The molecule has 1 N–H and O–H groups in total. The summed E-state index contributed by atoms with van der Waals surface area (Å²) in [4.78, 5) is 12.7. The smallest absolute Gasteiger partial charge is 0.330 e. The van der Waals surface area contributed by atoms with Gasteiger partial charge in [0.25, 0.3) is 0 Å². The van der Waals surface area contributed by atoms with Gasteiger partial charge < -0.3 is 14.2 Å². The zero-order valence-electron chi connectivity index (χ0n) is 9.55. The van der Waals surface area contributed by atoms with Gasteiger partial charge in [0.05, 0.1) is 0 Å². The van der Waals surface area contributed by atoms with Crippen LogP contribution in [0.25, 0.3) is 0 Å². The van der Waals surface area contributed by atoms with E-state index in [2.05, 4.69) is 6.58 Å². The molecular weight excluding hydrogens is 230 g/mol. The number of nitrogens with zero attached hydrogens (tertiary/aromatic N) is 1. The van der Waals surface area contributed by atoms with Gasteiger partial charge in [0.15, 0.2) is 11.1 Å². The number of rotatable bonds is 9. The highest BCUT2D eigenvalue weighted by atomic mass is 32.2. The van der Waals surface area contributed by atoms with Crippen molar-refractivity contribution < 1.29 is 18.3 Å². The summed E-state index contributed by atoms with van der Waals surface area (Å²) < 4.78 is 23.7. The van der Waals surface area contributed by atoms with Crippen LogP contribution < -0.4 is 0 Å². The van der Waals surface area contributed by atoms with E-state index in [4.69, 9.17) is 9.29 Å². The number of hydrogen-bond acceptors (Lipinski definition) is 4. The summed E-state index contributed by atoms with van der Waals surface area (Å²) in [6.07, 6.45) is 2.72. The van der Waals surface area contributed by atoms with Crippen LogP contribution in [0.4, 0.5) is 0 Å². The molecule has 0 bridgehead atoms. The van der Waals surface area contributed by atoms with Gasteiger partial charge in [-0.3, -0.25) is 0 Å². The van der Waals surface area contributed by atoms with Gasteiger partial charge in [-0.1, -0.05) is 6.58 Å². The third-order valence-corrected chi connectivity index (χ3v) is 2.63. The highest BCUT2D eigenvalue weighted by Gasteiger charge is 2.01. The Labute approximate surface area is 98.7 Å². The number of ether oxygens (including phenoxy) is 1. The average molecular weight is 249 g/mol. The van der Waals surface area contributed by atoms with E-state index in [0.717, 1.165) is 25.5 Å². The van der Waals surface area contributed by atoms with Crippen molar-refractivity contribution in [3.63, 3.8) is 0 Å². The van der Waals surface area contributed by atoms with Crippen molar-refractivity contribution in [2.75, 3.05) is 32.5 Å². The van der Waals surface area contributed by atoms with Gasteiger partial charge in [-0.15, -0.1) is 0 Å². The van der Waals surface area contributed by atoms with Crippen molar-refractivity contribution in [1.29, 1.82) is 0 Å². The lowest BCUT2D eigenvalue weighted by atomic mass is 10.3. The lowest BCUT2D eigenvalue weighted by Crippen LogP contribution is -2.25. The van der Waals surface area contributed by atoms with Gasteiger partial charge in [-0.25, -0.2) is 9.00 Å². The Morgan fingerprint density at radius 1 is 1.50 bits per heavy atom. The van der Waals surface area contributed by atoms with E-state index in [0.29, 0.717) is 18.9 Å². The van der Waals surface area contributed by atoms with E-state index in [1.807, 2.05) is 11.9 Å². The van der Waals surface area contributed by atoms with Gasteiger partial charge in [-0.2, -0.15) is 0 Å². The number of hydrogen-bond donors (Lipinski definition) is 1. The number of unbranched alkanes of at least 4 members (excludes halogenated alkanes) is 1. The van der Waals surface area contributed by atoms with Crippen molar-refractivity contribution >= 4 is 17.0 Å². The van der Waals surface area contributed by atoms with Crippen molar-refractivity contribution in [3.05, 3.63) is 12.7 Å². The molecule has 0 rings (SSSR count). The average Bonchev–Trinajstić information content (AvgIpc) is 2.24. The molecule has 0 aromatic rings. The first-order valence-electron chi connectivity index (χ1n) is 5.11. The van der Waals surface area contributed by atoms with Crippen LogP contribution >= 0.6 is 0 Å². The SMILES string of the molecule is C=CC(=O)OCCN(C)CCCCS(=O)O. The number of carbonyl (C=O) groups excluding carboxylic acids is 1. The van der Waals surface area contributed by atoms with Gasteiger partial charge in [0.2, 0.25) is 0 Å². The molecule has 0 saturated carbocycles. The fourth-order valence-corrected chi connectivity index (χ4v) is 1.53. The summed E-state index contributed by atoms with van der Waals surface area (Å²) in [6, 6.07) is 0. The molecule has 16 heavy (non-hydrogen) atoms. The second kappa shape index (κ2) is 9.50. The largest absolute Gasteiger partial charge is 0.461 e. The summed E-state index contributed by atoms with van der Waals surface area (Å²) in [5.74, 6) is -0.0942. The molecule has 0 aliphatic rings. The molecule has 0 spiro atoms. The minimum Gasteiger partial charge on any atom is -0.461 e. The lowest BCUT2D eigenvalue weighted by Gasteiger charge is -2.15. The summed E-state index contributed by atoms with van der Waals surface area (Å²) in [7, 11) is 1.91. The van der Waals surface area contributed by atoms with Crippen molar-refractivity contribution in [3.8, 4) is 0 Å². The van der Waals surface area contributed by atoms with Crippen LogP contribution in [0.5, 0.6) is 0 Å². The van der Waals surface area contributed by atoms with E-state index in [9.17, 15) is 9.00 Å². The van der Waals surface area contributed by atoms with E-state index in [1.54, 1.807) is 0 Å². The van der Waals surface area contributed by atoms with Gasteiger partial charge in [0.1, 0.15) is 6.61 Å². The molecule has 94 valence electrons. The summed E-state index contributed by atoms with van der Waals surface area (Å²) in [5.41, 5.74) is 0. The first-order valence-corrected chi connectivity index (χ1v) is 6.39. The van der Waals surface area contributed by atoms with Crippen LogP contribution in [0, 0.1) is 0 Å². The maximum absolute atomic E-state index is 10.7. The lowest BCUT2D eigenvalue weighted by molar-refractivity contribution is -0.138. The highest BCUT2D eigenvalue weighted by molar-refractivity contribution is 7.79. The minimum atomic E-state index is -1.69. The fraction of sp³-hybridized carbons (Fsp3) is 0.700. The number of esters is 1. The summed E-state index contributed by atoms with van der Waals surface area (Å²) in [5, 5.41) is 0. The second-order valence-electron chi connectivity index (χ2n) is 3.41. The van der Waals surface area contributed by atoms with E-state index >= 15 is 0 Å². The van der Waals surface area contributed by atoms with Crippen LogP contribution in [0.3, 0.4) is 0 Å². The van der Waals surface area contributed by atoms with Crippen molar-refractivity contribution in [2.24, 2.45) is 0 Å².